The van der Waals surface area contributed by atoms with Gasteiger partial charge in [0.2, 0.25) is 5.91 Å². The molecule has 1 heterocycles. The van der Waals surface area contributed by atoms with Crippen LogP contribution in [0.4, 0.5) is 0 Å². The van der Waals surface area contributed by atoms with Crippen molar-refractivity contribution in [3.63, 3.8) is 0 Å². The van der Waals surface area contributed by atoms with Gasteiger partial charge in [-0.2, -0.15) is 0 Å². The van der Waals surface area contributed by atoms with Gasteiger partial charge in [0.05, 0.1) is 0 Å². The van der Waals surface area contributed by atoms with Crippen molar-refractivity contribution in [3.05, 3.63) is 0 Å². The largest absolute Gasteiger partial charge is 0.338 e. The summed E-state index contributed by atoms with van der Waals surface area (Å²) in [6.45, 7) is 6.75. The van der Waals surface area contributed by atoms with E-state index in [-0.39, 0.29) is 17.4 Å². The maximum atomic E-state index is 11.9. The van der Waals surface area contributed by atoms with E-state index in [9.17, 15) is 4.79 Å². The molecule has 13 heavy (non-hydrogen) atoms. The molecule has 0 aromatic heterocycles. The van der Waals surface area contributed by atoms with Crippen LogP contribution in [0.2, 0.25) is 0 Å². The van der Waals surface area contributed by atoms with Crippen molar-refractivity contribution >= 4 is 17.5 Å². The second-order valence-electron chi connectivity index (χ2n) is 4.70. The lowest BCUT2D eigenvalue weighted by atomic mass is 9.94. The fourth-order valence-electron chi connectivity index (χ4n) is 1.69. The van der Waals surface area contributed by atoms with Crippen molar-refractivity contribution in [2.24, 2.45) is 5.41 Å². The van der Waals surface area contributed by atoms with E-state index in [2.05, 4.69) is 0 Å². The van der Waals surface area contributed by atoms with Crippen molar-refractivity contribution in [3.8, 4) is 0 Å². The first-order valence-corrected chi connectivity index (χ1v) is 5.37. The fourth-order valence-corrected chi connectivity index (χ4v) is 2.02. The standard InChI is InChI=1S/C10H18ClNO/c1-10(2,3)9(13)12-6-4-5-8(12)7-11/h8H,4-7H2,1-3H3/t8-/m1/s1. The monoisotopic (exact) mass is 203 g/mol. The van der Waals surface area contributed by atoms with Gasteiger partial charge in [-0.15, -0.1) is 11.6 Å². The summed E-state index contributed by atoms with van der Waals surface area (Å²) in [7, 11) is 0. The summed E-state index contributed by atoms with van der Waals surface area (Å²) in [5.41, 5.74) is -0.269. The maximum absolute atomic E-state index is 11.9. The highest BCUT2D eigenvalue weighted by Gasteiger charge is 2.34. The van der Waals surface area contributed by atoms with E-state index in [0.717, 1.165) is 19.4 Å². The second-order valence-corrected chi connectivity index (χ2v) is 5.01. The van der Waals surface area contributed by atoms with E-state index < -0.39 is 0 Å². The number of rotatable bonds is 1. The highest BCUT2D eigenvalue weighted by molar-refractivity contribution is 6.18. The van der Waals surface area contributed by atoms with Crippen molar-refractivity contribution in [2.75, 3.05) is 12.4 Å². The predicted octanol–water partition coefficient (Wildman–Crippen LogP) is 2.26. The molecule has 1 atom stereocenters. The Bertz CT molecular complexity index is 198. The highest BCUT2D eigenvalue weighted by Crippen LogP contribution is 2.25. The van der Waals surface area contributed by atoms with Gasteiger partial charge in [0.15, 0.2) is 0 Å². The lowest BCUT2D eigenvalue weighted by molar-refractivity contribution is -0.139. The molecule has 3 heteroatoms. The molecule has 0 saturated carbocycles. The highest BCUT2D eigenvalue weighted by atomic mass is 35.5. The summed E-state index contributed by atoms with van der Waals surface area (Å²) < 4.78 is 0. The van der Waals surface area contributed by atoms with Crippen LogP contribution in [0.1, 0.15) is 33.6 Å². The average molecular weight is 204 g/mol. The van der Waals surface area contributed by atoms with E-state index in [1.54, 1.807) is 0 Å². The molecule has 1 fully saturated rings. The molecule has 0 unspecified atom stereocenters. The van der Waals surface area contributed by atoms with Gasteiger partial charge >= 0.3 is 0 Å². The number of halogens is 1. The summed E-state index contributed by atoms with van der Waals surface area (Å²) in [5, 5.41) is 0. The quantitative estimate of drug-likeness (QED) is 0.599. The Labute approximate surface area is 85.2 Å². The molecule has 0 aromatic rings. The maximum Gasteiger partial charge on any atom is 0.228 e. The molecule has 0 N–H and O–H groups in total. The minimum atomic E-state index is -0.269. The molecule has 0 radical (unpaired) electrons. The molecule has 1 saturated heterocycles. The summed E-state index contributed by atoms with van der Waals surface area (Å²) >= 11 is 5.80. The zero-order chi connectivity index (χ0) is 10.1. The number of hydrogen-bond donors (Lipinski definition) is 0. The van der Waals surface area contributed by atoms with Gasteiger partial charge in [-0.1, -0.05) is 20.8 Å². The van der Waals surface area contributed by atoms with Gasteiger partial charge < -0.3 is 4.90 Å². The van der Waals surface area contributed by atoms with Crippen LogP contribution in [-0.2, 0) is 4.79 Å². The fraction of sp³-hybridized carbons (Fsp3) is 0.900. The summed E-state index contributed by atoms with van der Waals surface area (Å²) in [5.74, 6) is 0.803. The third-order valence-electron chi connectivity index (χ3n) is 2.46. The van der Waals surface area contributed by atoms with Gasteiger partial charge in [-0.25, -0.2) is 0 Å². The van der Waals surface area contributed by atoms with E-state index in [1.807, 2.05) is 25.7 Å². The van der Waals surface area contributed by atoms with Crippen molar-refractivity contribution < 1.29 is 4.79 Å². The minimum Gasteiger partial charge on any atom is -0.338 e. The van der Waals surface area contributed by atoms with Gasteiger partial charge in [0, 0.05) is 23.9 Å². The number of likely N-dealkylation sites (tertiary alicyclic amines) is 1. The first-order chi connectivity index (χ1) is 5.96. The minimum absolute atomic E-state index is 0.232. The molecule has 0 aromatic carbocycles. The number of carbonyl (C=O) groups excluding carboxylic acids is 1. The predicted molar refractivity (Wildman–Crippen MR) is 54.9 cm³/mol. The molecule has 0 bridgehead atoms. The number of hydrogen-bond acceptors (Lipinski definition) is 1. The Morgan fingerprint density at radius 1 is 1.54 bits per heavy atom. The first kappa shape index (κ1) is 10.8. The van der Waals surface area contributed by atoms with Crippen LogP contribution < -0.4 is 0 Å². The number of alkyl halides is 1. The van der Waals surface area contributed by atoms with E-state index in [4.69, 9.17) is 11.6 Å². The smallest absolute Gasteiger partial charge is 0.228 e. The average Bonchev–Trinajstić information content (AvgIpc) is 2.48. The van der Waals surface area contributed by atoms with Gasteiger partial charge in [-0.05, 0) is 12.8 Å². The number of carbonyl (C=O) groups is 1. The Kier molecular flexibility index (Phi) is 3.23. The normalized spacial score (nSPS) is 23.7. The number of nitrogens with zero attached hydrogens (tertiary/aromatic N) is 1. The molecular formula is C10H18ClNO. The van der Waals surface area contributed by atoms with Crippen LogP contribution in [0.25, 0.3) is 0 Å². The molecule has 0 aliphatic carbocycles. The van der Waals surface area contributed by atoms with Crippen LogP contribution in [0.3, 0.4) is 0 Å². The molecule has 1 aliphatic heterocycles. The first-order valence-electron chi connectivity index (χ1n) is 4.84. The Balaban J connectivity index is 2.66. The molecule has 1 aliphatic rings. The molecule has 1 rings (SSSR count). The van der Waals surface area contributed by atoms with Gasteiger partial charge in [-0.3, -0.25) is 4.79 Å². The van der Waals surface area contributed by atoms with Crippen LogP contribution >= 0.6 is 11.6 Å². The third-order valence-corrected chi connectivity index (χ3v) is 2.81. The molecule has 2 nitrogen and oxygen atoms in total. The van der Waals surface area contributed by atoms with Crippen molar-refractivity contribution in [2.45, 2.75) is 39.7 Å². The molecule has 76 valence electrons. The van der Waals surface area contributed by atoms with E-state index >= 15 is 0 Å². The topological polar surface area (TPSA) is 20.3 Å². The van der Waals surface area contributed by atoms with E-state index in [0.29, 0.717) is 5.88 Å². The van der Waals surface area contributed by atoms with Crippen LogP contribution in [0.5, 0.6) is 0 Å². The SMILES string of the molecule is CC(C)(C)C(=O)N1CCC[C@@H]1CCl. The van der Waals surface area contributed by atoms with Crippen molar-refractivity contribution in [1.82, 2.24) is 4.90 Å². The van der Waals surface area contributed by atoms with Crippen LogP contribution in [-0.4, -0.2) is 29.3 Å². The third kappa shape index (κ3) is 2.37. The second kappa shape index (κ2) is 3.87. The van der Waals surface area contributed by atoms with Gasteiger partial charge in [0.1, 0.15) is 0 Å². The van der Waals surface area contributed by atoms with E-state index in [1.165, 1.54) is 0 Å². The summed E-state index contributed by atoms with van der Waals surface area (Å²) in [6, 6.07) is 0.272. The Morgan fingerprint density at radius 3 is 2.62 bits per heavy atom. The van der Waals surface area contributed by atoms with Crippen molar-refractivity contribution in [1.29, 1.82) is 0 Å². The van der Waals surface area contributed by atoms with Gasteiger partial charge in [0.25, 0.3) is 0 Å². The Hall–Kier alpha value is -0.240. The lowest BCUT2D eigenvalue weighted by Gasteiger charge is -2.29. The molecule has 0 spiro atoms. The molecular weight excluding hydrogens is 186 g/mol. The zero-order valence-corrected chi connectivity index (χ0v) is 9.40. The Morgan fingerprint density at radius 2 is 2.15 bits per heavy atom. The lowest BCUT2D eigenvalue weighted by Crippen LogP contribution is -2.43. The molecule has 1 amide bonds. The zero-order valence-electron chi connectivity index (χ0n) is 8.64. The summed E-state index contributed by atoms with van der Waals surface area (Å²) in [4.78, 5) is 13.8. The number of amides is 1. The van der Waals surface area contributed by atoms with Crippen LogP contribution in [0.15, 0.2) is 0 Å². The van der Waals surface area contributed by atoms with Crippen LogP contribution in [0, 0.1) is 5.41 Å². The summed E-state index contributed by atoms with van der Waals surface area (Å²) in [6.07, 6.45) is 2.16.